The van der Waals surface area contributed by atoms with Crippen LogP contribution in [0.25, 0.3) is 0 Å². The van der Waals surface area contributed by atoms with Gasteiger partial charge in [-0.3, -0.25) is 0 Å². The molecule has 0 aliphatic carbocycles. The number of rotatable bonds is 5. The summed E-state index contributed by atoms with van der Waals surface area (Å²) in [6.07, 6.45) is 2.51. The molecule has 0 bridgehead atoms. The Morgan fingerprint density at radius 3 is 2.25 bits per heavy atom. The molecule has 1 unspecified atom stereocenters. The van der Waals surface area contributed by atoms with Gasteiger partial charge in [-0.05, 0) is 11.8 Å². The van der Waals surface area contributed by atoms with E-state index in [9.17, 15) is 0 Å². The molecule has 0 rings (SSSR count). The molecule has 1 atom stereocenters. The van der Waals surface area contributed by atoms with E-state index in [1.54, 1.807) is 0 Å². The Labute approximate surface area is 76.5 Å². The van der Waals surface area contributed by atoms with E-state index in [1.165, 1.54) is 6.42 Å². The zero-order valence-electron chi connectivity index (χ0n) is 8.89. The number of ether oxygens (including phenoxy) is 1. The summed E-state index contributed by atoms with van der Waals surface area (Å²) in [6.45, 7) is 10.1. The Balaban J connectivity index is 3.68. The van der Waals surface area contributed by atoms with Crippen LogP contribution in [0.4, 0.5) is 0 Å². The highest BCUT2D eigenvalue weighted by Crippen LogP contribution is 2.21. The summed E-state index contributed by atoms with van der Waals surface area (Å²) >= 11 is 0. The summed E-state index contributed by atoms with van der Waals surface area (Å²) in [4.78, 5) is 0. The van der Waals surface area contributed by atoms with Crippen LogP contribution in [-0.2, 0) is 4.74 Å². The van der Waals surface area contributed by atoms with Crippen molar-refractivity contribution in [2.45, 2.75) is 46.6 Å². The molecule has 0 aromatic carbocycles. The minimum absolute atomic E-state index is 0.169. The fourth-order valence-electron chi connectivity index (χ4n) is 1.04. The van der Waals surface area contributed by atoms with Gasteiger partial charge in [0.05, 0.1) is 6.10 Å². The van der Waals surface area contributed by atoms with Gasteiger partial charge in [-0.2, -0.15) is 0 Å². The molecule has 2 N–H and O–H groups in total. The van der Waals surface area contributed by atoms with Crippen LogP contribution < -0.4 is 5.73 Å². The van der Waals surface area contributed by atoms with Crippen molar-refractivity contribution < 1.29 is 4.74 Å². The molecule has 2 nitrogen and oxygen atoms in total. The molecule has 2 heteroatoms. The Morgan fingerprint density at radius 1 is 1.33 bits per heavy atom. The van der Waals surface area contributed by atoms with Crippen molar-refractivity contribution in [1.82, 2.24) is 0 Å². The summed E-state index contributed by atoms with van der Waals surface area (Å²) in [5.41, 5.74) is 5.79. The average molecular weight is 173 g/mol. The fraction of sp³-hybridized carbons (Fsp3) is 1.00. The maximum absolute atomic E-state index is 5.67. The summed E-state index contributed by atoms with van der Waals surface area (Å²) in [7, 11) is 0. The van der Waals surface area contributed by atoms with E-state index in [0.29, 0.717) is 6.54 Å². The molecule has 0 aromatic rings. The van der Waals surface area contributed by atoms with Gasteiger partial charge < -0.3 is 10.5 Å². The van der Waals surface area contributed by atoms with E-state index in [1.807, 2.05) is 0 Å². The minimum Gasteiger partial charge on any atom is -0.376 e. The molecule has 0 spiro atoms. The van der Waals surface area contributed by atoms with E-state index < -0.39 is 0 Å². The third-order valence-electron chi connectivity index (χ3n) is 2.00. The van der Waals surface area contributed by atoms with Crippen molar-refractivity contribution in [2.75, 3.05) is 13.2 Å². The van der Waals surface area contributed by atoms with Gasteiger partial charge in [-0.15, -0.1) is 0 Å². The molecule has 0 fully saturated rings. The highest BCUT2D eigenvalue weighted by Gasteiger charge is 2.23. The maximum Gasteiger partial charge on any atom is 0.0745 e. The normalized spacial score (nSPS) is 14.8. The van der Waals surface area contributed by atoms with Gasteiger partial charge in [-0.1, -0.05) is 34.1 Å². The van der Waals surface area contributed by atoms with Crippen molar-refractivity contribution in [2.24, 2.45) is 11.1 Å². The second-order valence-corrected chi connectivity index (χ2v) is 4.31. The minimum atomic E-state index is 0.169. The summed E-state index contributed by atoms with van der Waals surface area (Å²) in [5.74, 6) is 0. The number of hydrogen-bond donors (Lipinski definition) is 1. The third kappa shape index (κ3) is 4.73. The summed E-state index contributed by atoms with van der Waals surface area (Å²) < 4.78 is 5.67. The molecule has 0 heterocycles. The second-order valence-electron chi connectivity index (χ2n) is 4.31. The predicted molar refractivity (Wildman–Crippen MR) is 53.2 cm³/mol. The SMILES string of the molecule is CCCCOC(CN)C(C)(C)C. The fourth-order valence-corrected chi connectivity index (χ4v) is 1.04. The Hall–Kier alpha value is -0.0800. The van der Waals surface area contributed by atoms with Gasteiger partial charge in [0, 0.05) is 13.2 Å². The first-order chi connectivity index (χ1) is 5.52. The zero-order valence-corrected chi connectivity index (χ0v) is 8.89. The molecule has 0 radical (unpaired) electrons. The summed E-state index contributed by atoms with van der Waals surface area (Å²) in [6, 6.07) is 0. The van der Waals surface area contributed by atoms with Crippen LogP contribution in [0.1, 0.15) is 40.5 Å². The smallest absolute Gasteiger partial charge is 0.0745 e. The molecular formula is C10H23NO. The number of nitrogens with two attached hydrogens (primary N) is 1. The van der Waals surface area contributed by atoms with Gasteiger partial charge in [0.25, 0.3) is 0 Å². The van der Waals surface area contributed by atoms with Crippen LogP contribution in [0.3, 0.4) is 0 Å². The van der Waals surface area contributed by atoms with E-state index in [4.69, 9.17) is 10.5 Å². The highest BCUT2D eigenvalue weighted by molar-refractivity contribution is 4.74. The van der Waals surface area contributed by atoms with E-state index in [-0.39, 0.29) is 11.5 Å². The molecule has 12 heavy (non-hydrogen) atoms. The van der Waals surface area contributed by atoms with Gasteiger partial charge in [0.1, 0.15) is 0 Å². The third-order valence-corrected chi connectivity index (χ3v) is 2.00. The van der Waals surface area contributed by atoms with Gasteiger partial charge in [-0.25, -0.2) is 0 Å². The van der Waals surface area contributed by atoms with Crippen LogP contribution in [0.2, 0.25) is 0 Å². The van der Waals surface area contributed by atoms with Crippen molar-refractivity contribution in [1.29, 1.82) is 0 Å². The maximum atomic E-state index is 5.67. The zero-order chi connectivity index (χ0) is 9.61. The number of unbranched alkanes of at least 4 members (excludes halogenated alkanes) is 1. The molecule has 0 saturated heterocycles. The lowest BCUT2D eigenvalue weighted by molar-refractivity contribution is -0.0124. The van der Waals surface area contributed by atoms with Crippen LogP contribution in [0.5, 0.6) is 0 Å². The standard InChI is InChI=1S/C10H23NO/c1-5-6-7-12-9(8-11)10(2,3)4/h9H,5-8,11H2,1-4H3. The lowest BCUT2D eigenvalue weighted by Gasteiger charge is -2.29. The molecular weight excluding hydrogens is 150 g/mol. The lowest BCUT2D eigenvalue weighted by Crippen LogP contribution is -2.36. The highest BCUT2D eigenvalue weighted by atomic mass is 16.5. The predicted octanol–water partition coefficient (Wildman–Crippen LogP) is 2.18. The van der Waals surface area contributed by atoms with Crippen LogP contribution in [0, 0.1) is 5.41 Å². The topological polar surface area (TPSA) is 35.2 Å². The quantitative estimate of drug-likeness (QED) is 0.647. The first kappa shape index (κ1) is 11.9. The van der Waals surface area contributed by atoms with E-state index >= 15 is 0 Å². The monoisotopic (exact) mass is 173 g/mol. The van der Waals surface area contributed by atoms with Gasteiger partial charge in [0.15, 0.2) is 0 Å². The second kappa shape index (κ2) is 5.55. The Morgan fingerprint density at radius 2 is 1.92 bits per heavy atom. The number of hydrogen-bond acceptors (Lipinski definition) is 2. The summed E-state index contributed by atoms with van der Waals surface area (Å²) in [5, 5.41) is 0. The molecule has 0 saturated carbocycles. The Kier molecular flexibility index (Phi) is 5.51. The molecule has 0 aliphatic rings. The molecule has 0 amide bonds. The molecule has 0 aliphatic heterocycles. The lowest BCUT2D eigenvalue weighted by atomic mass is 9.89. The van der Waals surface area contributed by atoms with Crippen molar-refractivity contribution in [3.63, 3.8) is 0 Å². The average Bonchev–Trinajstić information content (AvgIpc) is 1.95. The van der Waals surface area contributed by atoms with Crippen molar-refractivity contribution in [3.05, 3.63) is 0 Å². The van der Waals surface area contributed by atoms with Crippen molar-refractivity contribution >= 4 is 0 Å². The van der Waals surface area contributed by atoms with E-state index in [2.05, 4.69) is 27.7 Å². The Bertz CT molecular complexity index is 107. The van der Waals surface area contributed by atoms with Gasteiger partial charge in [0.2, 0.25) is 0 Å². The first-order valence-corrected chi connectivity index (χ1v) is 4.84. The first-order valence-electron chi connectivity index (χ1n) is 4.84. The van der Waals surface area contributed by atoms with Crippen LogP contribution in [0.15, 0.2) is 0 Å². The van der Waals surface area contributed by atoms with Crippen LogP contribution >= 0.6 is 0 Å². The van der Waals surface area contributed by atoms with Crippen LogP contribution in [-0.4, -0.2) is 19.3 Å². The van der Waals surface area contributed by atoms with Crippen molar-refractivity contribution in [3.8, 4) is 0 Å². The largest absolute Gasteiger partial charge is 0.376 e. The molecule has 0 aromatic heterocycles. The molecule has 74 valence electrons. The van der Waals surface area contributed by atoms with E-state index in [0.717, 1.165) is 13.0 Å². The van der Waals surface area contributed by atoms with Gasteiger partial charge >= 0.3 is 0 Å².